The summed E-state index contributed by atoms with van der Waals surface area (Å²) in [5, 5.41) is 4.34. The van der Waals surface area contributed by atoms with Crippen molar-refractivity contribution in [1.82, 2.24) is 5.43 Å². The molecule has 0 aliphatic heterocycles. The van der Waals surface area contributed by atoms with Crippen molar-refractivity contribution >= 4 is 29.1 Å². The molecule has 3 aromatic rings. The highest BCUT2D eigenvalue weighted by molar-refractivity contribution is 6.04. The number of furan rings is 1. The van der Waals surface area contributed by atoms with Gasteiger partial charge in [-0.1, -0.05) is 12.1 Å². The van der Waals surface area contributed by atoms with Gasteiger partial charge in [0.1, 0.15) is 28.5 Å². The van der Waals surface area contributed by atoms with E-state index in [-0.39, 0.29) is 19.0 Å². The molecule has 2 aromatic carbocycles. The second-order valence-electron chi connectivity index (χ2n) is 6.05. The van der Waals surface area contributed by atoms with Crippen molar-refractivity contribution in [2.45, 2.75) is 13.8 Å². The molecule has 0 bridgehead atoms. The van der Waals surface area contributed by atoms with Crippen LogP contribution in [0.5, 0.6) is 5.75 Å². The molecule has 7 nitrogen and oxygen atoms in total. The molecule has 29 heavy (non-hydrogen) atoms. The lowest BCUT2D eigenvalue weighted by Gasteiger charge is -2.05. The molecular weight excluding hydrogens is 379 g/mol. The number of carbonyl (C=O) groups is 2. The first kappa shape index (κ1) is 20.1. The van der Waals surface area contributed by atoms with E-state index >= 15 is 0 Å². The van der Waals surface area contributed by atoms with E-state index in [2.05, 4.69) is 10.5 Å². The van der Waals surface area contributed by atoms with Crippen LogP contribution in [-0.4, -0.2) is 31.3 Å². The fourth-order valence-corrected chi connectivity index (χ4v) is 2.65. The minimum Gasteiger partial charge on any atom is -0.484 e. The number of benzene rings is 2. The van der Waals surface area contributed by atoms with E-state index in [4.69, 9.17) is 13.9 Å². The van der Waals surface area contributed by atoms with Crippen molar-refractivity contribution in [2.24, 2.45) is 5.10 Å². The highest BCUT2D eigenvalue weighted by Gasteiger charge is 2.20. The second-order valence-corrected chi connectivity index (χ2v) is 6.05. The fraction of sp³-hybridized carbons (Fsp3) is 0.190. The van der Waals surface area contributed by atoms with E-state index < -0.39 is 11.9 Å². The van der Waals surface area contributed by atoms with Gasteiger partial charge in [0, 0.05) is 5.39 Å². The number of nitrogens with one attached hydrogen (secondary N) is 1. The van der Waals surface area contributed by atoms with Gasteiger partial charge in [-0.25, -0.2) is 14.6 Å². The average molecular weight is 398 g/mol. The number of nitrogens with zero attached hydrogens (tertiary/aromatic N) is 1. The van der Waals surface area contributed by atoms with Gasteiger partial charge in [0.15, 0.2) is 6.61 Å². The summed E-state index contributed by atoms with van der Waals surface area (Å²) in [6.07, 6.45) is 1.39. The highest BCUT2D eigenvalue weighted by Crippen LogP contribution is 2.29. The molecule has 0 aliphatic rings. The van der Waals surface area contributed by atoms with Crippen LogP contribution < -0.4 is 10.2 Å². The van der Waals surface area contributed by atoms with Gasteiger partial charge in [0.2, 0.25) is 0 Å². The van der Waals surface area contributed by atoms with Crippen LogP contribution in [0.25, 0.3) is 11.0 Å². The van der Waals surface area contributed by atoms with Gasteiger partial charge in [-0.3, -0.25) is 4.79 Å². The van der Waals surface area contributed by atoms with E-state index in [1.165, 1.54) is 30.5 Å². The Morgan fingerprint density at radius 3 is 2.69 bits per heavy atom. The first-order valence-electron chi connectivity index (χ1n) is 8.88. The summed E-state index contributed by atoms with van der Waals surface area (Å²) in [5.41, 5.74) is 3.82. The molecule has 1 N–H and O–H groups in total. The Kier molecular flexibility index (Phi) is 6.23. The molecule has 3 rings (SSSR count). The SMILES string of the molecule is CCOC(=O)c1c(C)oc2ccc(OCC(=O)N/N=C\c3ccc(F)cc3)cc12. The molecular formula is C21H19FN2O5. The molecule has 1 heterocycles. The summed E-state index contributed by atoms with van der Waals surface area (Å²) >= 11 is 0. The van der Waals surface area contributed by atoms with Gasteiger partial charge in [0.25, 0.3) is 5.91 Å². The summed E-state index contributed by atoms with van der Waals surface area (Å²) in [6, 6.07) is 10.6. The zero-order valence-electron chi connectivity index (χ0n) is 15.9. The number of fused-ring (bicyclic) bond motifs is 1. The third-order valence-corrected chi connectivity index (χ3v) is 3.96. The molecule has 0 atom stereocenters. The van der Waals surface area contributed by atoms with Crippen molar-refractivity contribution in [3.8, 4) is 5.75 Å². The number of ether oxygens (including phenoxy) is 2. The lowest BCUT2D eigenvalue weighted by Crippen LogP contribution is -2.24. The number of aryl methyl sites for hydroxylation is 1. The molecule has 0 radical (unpaired) electrons. The molecule has 0 aliphatic carbocycles. The highest BCUT2D eigenvalue weighted by atomic mass is 19.1. The number of hydrogen-bond donors (Lipinski definition) is 1. The van der Waals surface area contributed by atoms with Gasteiger partial charge in [0.05, 0.1) is 12.8 Å². The lowest BCUT2D eigenvalue weighted by atomic mass is 10.1. The van der Waals surface area contributed by atoms with Crippen LogP contribution in [0.15, 0.2) is 52.0 Å². The number of esters is 1. The van der Waals surface area contributed by atoms with Crippen LogP contribution in [0.4, 0.5) is 4.39 Å². The van der Waals surface area contributed by atoms with Crippen LogP contribution in [0.1, 0.15) is 28.6 Å². The maximum absolute atomic E-state index is 12.8. The third kappa shape index (κ3) is 4.98. The summed E-state index contributed by atoms with van der Waals surface area (Å²) < 4.78 is 28.9. The Morgan fingerprint density at radius 2 is 1.97 bits per heavy atom. The van der Waals surface area contributed by atoms with E-state index in [0.717, 1.165) is 0 Å². The van der Waals surface area contributed by atoms with Crippen LogP contribution in [0.3, 0.4) is 0 Å². The van der Waals surface area contributed by atoms with Crippen molar-refractivity contribution in [3.05, 3.63) is 65.2 Å². The Balaban J connectivity index is 1.62. The summed E-state index contributed by atoms with van der Waals surface area (Å²) in [6.45, 7) is 3.37. The van der Waals surface area contributed by atoms with E-state index in [1.54, 1.807) is 32.0 Å². The average Bonchev–Trinajstić information content (AvgIpc) is 3.03. The number of rotatable bonds is 7. The quantitative estimate of drug-likeness (QED) is 0.373. The third-order valence-electron chi connectivity index (χ3n) is 3.96. The van der Waals surface area contributed by atoms with Gasteiger partial charge >= 0.3 is 5.97 Å². The number of amides is 1. The standard InChI is InChI=1S/C21H19FN2O5/c1-3-27-21(26)20-13(2)29-18-9-8-16(10-17(18)20)28-12-19(25)24-23-11-14-4-6-15(22)7-5-14/h4-11H,3,12H2,1-2H3,(H,24,25)/b23-11-. The van der Waals surface area contributed by atoms with Crippen molar-refractivity contribution in [3.63, 3.8) is 0 Å². The van der Waals surface area contributed by atoms with Crippen molar-refractivity contribution < 1.29 is 27.9 Å². The molecule has 0 saturated heterocycles. The van der Waals surface area contributed by atoms with E-state index in [1.807, 2.05) is 0 Å². The predicted molar refractivity (Wildman–Crippen MR) is 105 cm³/mol. The lowest BCUT2D eigenvalue weighted by molar-refractivity contribution is -0.123. The van der Waals surface area contributed by atoms with Gasteiger partial charge in [-0.05, 0) is 49.7 Å². The molecule has 0 saturated carbocycles. The largest absolute Gasteiger partial charge is 0.484 e. The summed E-state index contributed by atoms with van der Waals surface area (Å²) in [5.74, 6) is -0.466. The smallest absolute Gasteiger partial charge is 0.342 e. The number of carbonyl (C=O) groups excluding carboxylic acids is 2. The Hall–Kier alpha value is -3.68. The molecule has 0 spiro atoms. The van der Waals surface area contributed by atoms with Gasteiger partial charge in [-0.15, -0.1) is 0 Å². The second kappa shape index (κ2) is 9.01. The molecule has 1 aromatic heterocycles. The van der Waals surface area contributed by atoms with Crippen LogP contribution >= 0.6 is 0 Å². The fourth-order valence-electron chi connectivity index (χ4n) is 2.65. The molecule has 0 fully saturated rings. The Morgan fingerprint density at radius 1 is 1.21 bits per heavy atom. The Bertz CT molecular complexity index is 1060. The minimum absolute atomic E-state index is 0.250. The zero-order chi connectivity index (χ0) is 20.8. The summed E-state index contributed by atoms with van der Waals surface area (Å²) in [4.78, 5) is 24.0. The monoisotopic (exact) mass is 398 g/mol. The zero-order valence-corrected chi connectivity index (χ0v) is 15.9. The van der Waals surface area contributed by atoms with Crippen LogP contribution in [-0.2, 0) is 9.53 Å². The molecule has 1 amide bonds. The van der Waals surface area contributed by atoms with Crippen molar-refractivity contribution in [1.29, 1.82) is 0 Å². The first-order chi connectivity index (χ1) is 14.0. The molecule has 0 unspecified atom stereocenters. The van der Waals surface area contributed by atoms with Crippen molar-refractivity contribution in [2.75, 3.05) is 13.2 Å². The normalized spacial score (nSPS) is 11.0. The number of halogens is 1. The van der Waals surface area contributed by atoms with Gasteiger partial charge in [-0.2, -0.15) is 5.10 Å². The minimum atomic E-state index is -0.478. The van der Waals surface area contributed by atoms with E-state index in [0.29, 0.717) is 33.6 Å². The molecule has 150 valence electrons. The van der Waals surface area contributed by atoms with Crippen LogP contribution in [0.2, 0.25) is 0 Å². The van der Waals surface area contributed by atoms with E-state index in [9.17, 15) is 14.0 Å². The topological polar surface area (TPSA) is 90.1 Å². The molecule has 8 heteroatoms. The Labute approximate surface area is 166 Å². The maximum Gasteiger partial charge on any atom is 0.342 e. The summed E-state index contributed by atoms with van der Waals surface area (Å²) in [7, 11) is 0. The maximum atomic E-state index is 12.8. The van der Waals surface area contributed by atoms with Crippen LogP contribution in [0, 0.1) is 12.7 Å². The predicted octanol–water partition coefficient (Wildman–Crippen LogP) is 3.59. The first-order valence-corrected chi connectivity index (χ1v) is 8.88. The number of hydrogen-bond acceptors (Lipinski definition) is 6. The van der Waals surface area contributed by atoms with Gasteiger partial charge < -0.3 is 13.9 Å². The number of hydrazone groups is 1.